The number of aryl methyl sites for hydroxylation is 1. The Balaban J connectivity index is 2.36. The van der Waals surface area contributed by atoms with Crippen molar-refractivity contribution in [2.75, 3.05) is 12.4 Å². The summed E-state index contributed by atoms with van der Waals surface area (Å²) in [4.78, 5) is 8.84. The van der Waals surface area contributed by atoms with Crippen LogP contribution >= 0.6 is 27.7 Å². The molecule has 20 heavy (non-hydrogen) atoms. The topological polar surface area (TPSA) is 55.2 Å². The molecule has 0 fully saturated rings. The van der Waals surface area contributed by atoms with E-state index in [4.69, 9.17) is 4.74 Å². The van der Waals surface area contributed by atoms with Gasteiger partial charge >= 0.3 is 0 Å². The predicted octanol–water partition coefficient (Wildman–Crippen LogP) is 3.59. The molecule has 0 saturated heterocycles. The molecular formula is C14H15BrN2O2S. The number of aromatic hydroxyl groups is 1. The molecule has 0 atom stereocenters. The second-order valence-electron chi connectivity index (χ2n) is 4.69. The fourth-order valence-electron chi connectivity index (χ4n) is 2.56. The minimum Gasteiger partial charge on any atom is -0.493 e. The van der Waals surface area contributed by atoms with E-state index in [1.807, 2.05) is 13.8 Å². The zero-order valence-corrected chi connectivity index (χ0v) is 13.8. The molecule has 0 unspecified atom stereocenters. The first-order valence-corrected chi connectivity index (χ1v) is 8.32. The van der Waals surface area contributed by atoms with Crippen molar-refractivity contribution in [3.63, 3.8) is 0 Å². The average molecular weight is 355 g/mol. The highest BCUT2D eigenvalue weighted by Crippen LogP contribution is 2.39. The van der Waals surface area contributed by atoms with Gasteiger partial charge in [-0.3, -0.25) is 0 Å². The van der Waals surface area contributed by atoms with Gasteiger partial charge in [0, 0.05) is 4.47 Å². The monoisotopic (exact) mass is 354 g/mol. The number of hydrogen-bond donors (Lipinski definition) is 1. The number of ether oxygens (including phenoxy) is 1. The Morgan fingerprint density at radius 1 is 1.35 bits per heavy atom. The second-order valence-corrected chi connectivity index (χ2v) is 6.71. The van der Waals surface area contributed by atoms with Crippen LogP contribution in [0.15, 0.2) is 9.63 Å². The number of aromatic nitrogens is 2. The van der Waals surface area contributed by atoms with E-state index in [-0.39, 0.29) is 5.88 Å². The SMILES string of the molecule is CCSc1nc(O)c2c3c(c(Br)c(C)c2n1)COCC3. The number of rotatable bonds is 2. The van der Waals surface area contributed by atoms with E-state index in [1.54, 1.807) is 0 Å². The van der Waals surface area contributed by atoms with Gasteiger partial charge in [-0.05, 0) is 35.8 Å². The Kier molecular flexibility index (Phi) is 3.88. The molecule has 1 N–H and O–H groups in total. The smallest absolute Gasteiger partial charge is 0.223 e. The highest BCUT2D eigenvalue weighted by molar-refractivity contribution is 9.10. The Labute approximate surface area is 130 Å². The third-order valence-electron chi connectivity index (χ3n) is 3.50. The summed E-state index contributed by atoms with van der Waals surface area (Å²) in [7, 11) is 0. The van der Waals surface area contributed by atoms with E-state index in [0.29, 0.717) is 18.4 Å². The largest absolute Gasteiger partial charge is 0.493 e. The maximum atomic E-state index is 10.3. The third-order valence-corrected chi connectivity index (χ3v) is 5.30. The molecule has 0 spiro atoms. The lowest BCUT2D eigenvalue weighted by Gasteiger charge is -2.22. The minimum atomic E-state index is 0.0831. The molecule has 0 aliphatic carbocycles. The van der Waals surface area contributed by atoms with Gasteiger partial charge in [-0.25, -0.2) is 4.98 Å². The number of thioether (sulfide) groups is 1. The normalized spacial score (nSPS) is 14.6. The summed E-state index contributed by atoms with van der Waals surface area (Å²) in [6.45, 7) is 5.29. The molecule has 1 aromatic heterocycles. The molecule has 1 aliphatic heterocycles. The summed E-state index contributed by atoms with van der Waals surface area (Å²) in [6, 6.07) is 0. The van der Waals surface area contributed by atoms with Crippen molar-refractivity contribution in [3.05, 3.63) is 21.2 Å². The highest BCUT2D eigenvalue weighted by atomic mass is 79.9. The number of hydrogen-bond acceptors (Lipinski definition) is 5. The minimum absolute atomic E-state index is 0.0831. The van der Waals surface area contributed by atoms with Gasteiger partial charge in [0.15, 0.2) is 5.16 Å². The maximum absolute atomic E-state index is 10.3. The second kappa shape index (κ2) is 5.50. The van der Waals surface area contributed by atoms with Crippen LogP contribution in [-0.2, 0) is 17.8 Å². The van der Waals surface area contributed by atoms with Crippen LogP contribution in [0.25, 0.3) is 10.9 Å². The molecule has 1 aromatic carbocycles. The van der Waals surface area contributed by atoms with E-state index in [0.717, 1.165) is 44.2 Å². The van der Waals surface area contributed by atoms with Gasteiger partial charge in [-0.15, -0.1) is 0 Å². The molecular weight excluding hydrogens is 340 g/mol. The zero-order chi connectivity index (χ0) is 14.3. The van der Waals surface area contributed by atoms with E-state index >= 15 is 0 Å². The van der Waals surface area contributed by atoms with Gasteiger partial charge < -0.3 is 9.84 Å². The van der Waals surface area contributed by atoms with Crippen LogP contribution in [0.3, 0.4) is 0 Å². The van der Waals surface area contributed by atoms with Crippen LogP contribution in [0.4, 0.5) is 0 Å². The number of halogens is 1. The summed E-state index contributed by atoms with van der Waals surface area (Å²) in [6.07, 6.45) is 0.780. The predicted molar refractivity (Wildman–Crippen MR) is 83.4 cm³/mol. The summed E-state index contributed by atoms with van der Waals surface area (Å²) in [5.74, 6) is 0.962. The summed E-state index contributed by atoms with van der Waals surface area (Å²) in [5.41, 5.74) is 4.08. The summed E-state index contributed by atoms with van der Waals surface area (Å²) in [5, 5.41) is 11.7. The van der Waals surface area contributed by atoms with Crippen molar-refractivity contribution in [3.8, 4) is 5.88 Å². The van der Waals surface area contributed by atoms with Crippen molar-refractivity contribution in [1.29, 1.82) is 0 Å². The van der Waals surface area contributed by atoms with Gasteiger partial charge in [0.1, 0.15) is 0 Å². The Morgan fingerprint density at radius 2 is 2.15 bits per heavy atom. The van der Waals surface area contributed by atoms with Gasteiger partial charge in [0.25, 0.3) is 0 Å². The summed E-state index contributed by atoms with van der Waals surface area (Å²) >= 11 is 5.18. The molecule has 2 aromatic rings. The van der Waals surface area contributed by atoms with Crippen LogP contribution in [0.1, 0.15) is 23.6 Å². The Morgan fingerprint density at radius 3 is 2.90 bits per heavy atom. The third kappa shape index (κ3) is 2.19. The van der Waals surface area contributed by atoms with Crippen LogP contribution in [-0.4, -0.2) is 27.4 Å². The molecule has 3 rings (SSSR count). The van der Waals surface area contributed by atoms with E-state index in [1.165, 1.54) is 11.8 Å². The first-order valence-electron chi connectivity index (χ1n) is 6.54. The van der Waals surface area contributed by atoms with Crippen molar-refractivity contribution < 1.29 is 9.84 Å². The first kappa shape index (κ1) is 14.1. The van der Waals surface area contributed by atoms with E-state index in [2.05, 4.69) is 25.9 Å². The molecule has 1 aliphatic rings. The number of benzene rings is 1. The molecule has 6 heteroatoms. The van der Waals surface area contributed by atoms with Crippen molar-refractivity contribution in [2.45, 2.75) is 32.0 Å². The lowest BCUT2D eigenvalue weighted by atomic mass is 9.95. The van der Waals surface area contributed by atoms with Gasteiger partial charge in [0.05, 0.1) is 24.1 Å². The average Bonchev–Trinajstić information content (AvgIpc) is 2.44. The van der Waals surface area contributed by atoms with Crippen molar-refractivity contribution >= 4 is 38.6 Å². The lowest BCUT2D eigenvalue weighted by molar-refractivity contribution is 0.110. The van der Waals surface area contributed by atoms with Crippen LogP contribution in [0, 0.1) is 6.92 Å². The summed E-state index contributed by atoms with van der Waals surface area (Å²) < 4.78 is 6.56. The van der Waals surface area contributed by atoms with Crippen LogP contribution < -0.4 is 0 Å². The molecule has 0 amide bonds. The fraction of sp³-hybridized carbons (Fsp3) is 0.429. The zero-order valence-electron chi connectivity index (χ0n) is 11.4. The molecule has 0 radical (unpaired) electrons. The Hall–Kier alpha value is -0.850. The fourth-order valence-corrected chi connectivity index (χ4v) is 3.67. The van der Waals surface area contributed by atoms with Gasteiger partial charge in [0.2, 0.25) is 5.88 Å². The first-order chi connectivity index (χ1) is 9.63. The maximum Gasteiger partial charge on any atom is 0.223 e. The van der Waals surface area contributed by atoms with Gasteiger partial charge in [-0.2, -0.15) is 4.98 Å². The van der Waals surface area contributed by atoms with Crippen molar-refractivity contribution in [1.82, 2.24) is 9.97 Å². The quantitative estimate of drug-likeness (QED) is 0.659. The van der Waals surface area contributed by atoms with E-state index < -0.39 is 0 Å². The highest BCUT2D eigenvalue weighted by Gasteiger charge is 2.23. The lowest BCUT2D eigenvalue weighted by Crippen LogP contribution is -2.13. The molecule has 4 nitrogen and oxygen atoms in total. The number of nitrogens with zero attached hydrogens (tertiary/aromatic N) is 2. The van der Waals surface area contributed by atoms with Gasteiger partial charge in [-0.1, -0.05) is 34.6 Å². The van der Waals surface area contributed by atoms with Crippen LogP contribution in [0.5, 0.6) is 5.88 Å². The molecule has 0 saturated carbocycles. The standard InChI is InChI=1S/C14H15BrN2O2S/c1-3-20-14-16-12-7(2)11(15)9-6-19-5-4-8(9)10(12)13(18)17-14/h3-6H2,1-2H3,(H,16,17,18). The van der Waals surface area contributed by atoms with E-state index in [9.17, 15) is 5.11 Å². The van der Waals surface area contributed by atoms with Crippen LogP contribution in [0.2, 0.25) is 0 Å². The molecule has 2 heterocycles. The number of fused-ring (bicyclic) bond motifs is 3. The van der Waals surface area contributed by atoms with Crippen molar-refractivity contribution in [2.24, 2.45) is 0 Å². The Bertz CT molecular complexity index is 691. The molecule has 106 valence electrons. The molecule has 0 bridgehead atoms.